The van der Waals surface area contributed by atoms with Crippen molar-refractivity contribution < 1.29 is 23.6 Å². The van der Waals surface area contributed by atoms with Crippen LogP contribution in [0.4, 0.5) is 4.39 Å². The Morgan fingerprint density at radius 3 is 2.15 bits per heavy atom. The maximum atomic E-state index is 13.9. The molecular weight excluding hydrogens is 262 g/mol. The van der Waals surface area contributed by atoms with Crippen molar-refractivity contribution in [3.8, 4) is 0 Å². The highest BCUT2D eigenvalue weighted by Gasteiger charge is 2.52. The van der Waals surface area contributed by atoms with Crippen LogP contribution in [0.2, 0.25) is 0 Å². The molecule has 0 atom stereocenters. The van der Waals surface area contributed by atoms with Crippen molar-refractivity contribution >= 4 is 18.6 Å². The van der Waals surface area contributed by atoms with Crippen molar-refractivity contribution in [1.29, 1.82) is 0 Å². The molecule has 0 bridgehead atoms. The van der Waals surface area contributed by atoms with E-state index in [2.05, 4.69) is 0 Å². The molecule has 0 saturated carbocycles. The van der Waals surface area contributed by atoms with Gasteiger partial charge in [0, 0.05) is 0 Å². The number of carboxylic acid groups (broad SMARTS) is 1. The van der Waals surface area contributed by atoms with Crippen LogP contribution in [-0.4, -0.2) is 29.4 Å². The lowest BCUT2D eigenvalue weighted by molar-refractivity contribution is 0.00578. The Kier molecular flexibility index (Phi) is 3.43. The molecule has 1 N–H and O–H groups in total. The van der Waals surface area contributed by atoms with Gasteiger partial charge in [0.15, 0.2) is 0 Å². The predicted molar refractivity (Wildman–Crippen MR) is 73.8 cm³/mol. The van der Waals surface area contributed by atoms with Crippen LogP contribution in [-0.2, 0) is 9.31 Å². The molecule has 108 valence electrons. The Bertz CT molecular complexity index is 553. The molecule has 6 heteroatoms. The highest BCUT2D eigenvalue weighted by molar-refractivity contribution is 6.62. The lowest BCUT2D eigenvalue weighted by Crippen LogP contribution is -2.41. The van der Waals surface area contributed by atoms with Crippen LogP contribution >= 0.6 is 0 Å². The summed E-state index contributed by atoms with van der Waals surface area (Å²) in [6.45, 7) is 9.14. The average molecular weight is 280 g/mol. The van der Waals surface area contributed by atoms with Gasteiger partial charge in [0.25, 0.3) is 0 Å². The van der Waals surface area contributed by atoms with Crippen molar-refractivity contribution in [3.05, 3.63) is 29.1 Å². The van der Waals surface area contributed by atoms with E-state index < -0.39 is 30.1 Å². The van der Waals surface area contributed by atoms with Crippen LogP contribution in [0.3, 0.4) is 0 Å². The van der Waals surface area contributed by atoms with Gasteiger partial charge in [-0.05, 0) is 57.8 Å². The monoisotopic (exact) mass is 280 g/mol. The van der Waals surface area contributed by atoms with E-state index in [1.165, 1.54) is 6.07 Å². The van der Waals surface area contributed by atoms with Gasteiger partial charge >= 0.3 is 13.1 Å². The molecule has 0 radical (unpaired) electrons. The fraction of sp³-hybridized carbons (Fsp3) is 0.500. The van der Waals surface area contributed by atoms with Gasteiger partial charge in [-0.1, -0.05) is 0 Å². The smallest absolute Gasteiger partial charge is 0.478 e. The largest absolute Gasteiger partial charge is 0.495 e. The van der Waals surface area contributed by atoms with Crippen LogP contribution in [0, 0.1) is 12.7 Å². The molecule has 0 amide bonds. The van der Waals surface area contributed by atoms with E-state index in [0.717, 1.165) is 6.07 Å². The maximum absolute atomic E-state index is 13.9. The first kappa shape index (κ1) is 15.0. The Hall–Kier alpha value is -1.40. The second-order valence-corrected chi connectivity index (χ2v) is 6.07. The third-order valence-electron chi connectivity index (χ3n) is 4.14. The fourth-order valence-corrected chi connectivity index (χ4v) is 2.04. The molecule has 0 spiro atoms. The summed E-state index contributed by atoms with van der Waals surface area (Å²) in [5.41, 5.74) is -0.466. The van der Waals surface area contributed by atoms with Crippen LogP contribution in [0.1, 0.15) is 43.6 Å². The average Bonchev–Trinajstić information content (AvgIpc) is 2.51. The van der Waals surface area contributed by atoms with Gasteiger partial charge in [0.1, 0.15) is 5.82 Å². The van der Waals surface area contributed by atoms with Crippen molar-refractivity contribution in [2.24, 2.45) is 0 Å². The molecule has 0 aliphatic carbocycles. The van der Waals surface area contributed by atoms with Gasteiger partial charge in [-0.3, -0.25) is 0 Å². The maximum Gasteiger partial charge on any atom is 0.495 e. The molecule has 0 aromatic heterocycles. The molecule has 1 fully saturated rings. The molecule has 1 aliphatic heterocycles. The summed E-state index contributed by atoms with van der Waals surface area (Å²) < 4.78 is 25.5. The molecule has 1 heterocycles. The van der Waals surface area contributed by atoms with E-state index >= 15 is 0 Å². The summed E-state index contributed by atoms with van der Waals surface area (Å²) >= 11 is 0. The number of rotatable bonds is 2. The minimum absolute atomic E-state index is 0.113. The number of hydrogen-bond acceptors (Lipinski definition) is 3. The molecule has 1 saturated heterocycles. The van der Waals surface area contributed by atoms with Crippen molar-refractivity contribution in [1.82, 2.24) is 0 Å². The first-order valence-corrected chi connectivity index (χ1v) is 6.44. The molecular formula is C14H18BFO4. The van der Waals surface area contributed by atoms with Crippen LogP contribution in [0.15, 0.2) is 12.1 Å². The SMILES string of the molecule is Cc1c(F)cc(C(=O)O)cc1B1OC(C)(C)C(C)(C)O1. The molecule has 4 nitrogen and oxygen atoms in total. The van der Waals surface area contributed by atoms with Gasteiger partial charge < -0.3 is 14.4 Å². The van der Waals surface area contributed by atoms with Gasteiger partial charge in [0.2, 0.25) is 0 Å². The first-order chi connectivity index (χ1) is 9.05. The Balaban J connectivity index is 2.47. The third kappa shape index (κ3) is 2.34. The number of aromatic carboxylic acids is 1. The van der Waals surface area contributed by atoms with E-state index in [0.29, 0.717) is 11.0 Å². The number of hydrogen-bond donors (Lipinski definition) is 1. The minimum atomic E-state index is -1.18. The quantitative estimate of drug-likeness (QED) is 0.843. The van der Waals surface area contributed by atoms with E-state index in [1.54, 1.807) is 6.92 Å². The molecule has 1 aromatic carbocycles. The summed E-state index contributed by atoms with van der Waals surface area (Å²) in [6.07, 6.45) is 0. The first-order valence-electron chi connectivity index (χ1n) is 6.44. The Morgan fingerprint density at radius 2 is 1.70 bits per heavy atom. The zero-order chi connectivity index (χ0) is 15.3. The van der Waals surface area contributed by atoms with Crippen LogP contribution in [0.5, 0.6) is 0 Å². The molecule has 20 heavy (non-hydrogen) atoms. The standard InChI is InChI=1S/C14H18BFO4/c1-8-10(6-9(12(17)18)7-11(8)16)15-19-13(2,3)14(4,5)20-15/h6-7H,1-5H3,(H,17,18). The summed E-state index contributed by atoms with van der Waals surface area (Å²) in [6, 6.07) is 2.41. The molecule has 1 aliphatic rings. The molecule has 1 aromatic rings. The summed E-state index contributed by atoms with van der Waals surface area (Å²) in [5, 5.41) is 9.02. The van der Waals surface area contributed by atoms with Crippen LogP contribution in [0.25, 0.3) is 0 Å². The minimum Gasteiger partial charge on any atom is -0.478 e. The third-order valence-corrected chi connectivity index (χ3v) is 4.14. The second-order valence-electron chi connectivity index (χ2n) is 6.07. The van der Waals surface area contributed by atoms with Gasteiger partial charge in [0.05, 0.1) is 16.8 Å². The van der Waals surface area contributed by atoms with E-state index in [4.69, 9.17) is 14.4 Å². The van der Waals surface area contributed by atoms with Gasteiger partial charge in [-0.15, -0.1) is 0 Å². The second kappa shape index (κ2) is 4.57. The highest BCUT2D eigenvalue weighted by Crippen LogP contribution is 2.36. The van der Waals surface area contributed by atoms with E-state index in [9.17, 15) is 9.18 Å². The Labute approximate surface area is 118 Å². The van der Waals surface area contributed by atoms with E-state index in [-0.39, 0.29) is 5.56 Å². The summed E-state index contributed by atoms with van der Waals surface area (Å²) in [7, 11) is -0.770. The topological polar surface area (TPSA) is 55.8 Å². The number of carboxylic acids is 1. The summed E-state index contributed by atoms with van der Waals surface area (Å²) in [5.74, 6) is -1.75. The van der Waals surface area contributed by atoms with E-state index in [1.807, 2.05) is 27.7 Å². The normalized spacial score (nSPS) is 20.2. The van der Waals surface area contributed by atoms with Gasteiger partial charge in [-0.25, -0.2) is 9.18 Å². The molecule has 2 rings (SSSR count). The van der Waals surface area contributed by atoms with Crippen molar-refractivity contribution in [2.75, 3.05) is 0 Å². The Morgan fingerprint density at radius 1 is 1.20 bits per heavy atom. The fourth-order valence-electron chi connectivity index (χ4n) is 2.04. The van der Waals surface area contributed by atoms with Crippen molar-refractivity contribution in [2.45, 2.75) is 45.8 Å². The van der Waals surface area contributed by atoms with Crippen LogP contribution < -0.4 is 5.46 Å². The van der Waals surface area contributed by atoms with Crippen molar-refractivity contribution in [3.63, 3.8) is 0 Å². The predicted octanol–water partition coefficient (Wildman–Crippen LogP) is 2.13. The molecule has 0 unspecified atom stereocenters. The lowest BCUT2D eigenvalue weighted by atomic mass is 9.75. The summed E-state index contributed by atoms with van der Waals surface area (Å²) in [4.78, 5) is 11.0. The lowest BCUT2D eigenvalue weighted by Gasteiger charge is -2.32. The number of benzene rings is 1. The number of carbonyl (C=O) groups is 1. The highest BCUT2D eigenvalue weighted by atomic mass is 19.1. The zero-order valence-corrected chi connectivity index (χ0v) is 12.3. The van der Waals surface area contributed by atoms with Gasteiger partial charge in [-0.2, -0.15) is 0 Å². The zero-order valence-electron chi connectivity index (χ0n) is 12.3. The number of halogens is 1.